The Bertz CT molecular complexity index is 1320. The Hall–Kier alpha value is -4.85. The molecule has 0 spiro atoms. The molecule has 4 aromatic carbocycles. The average Bonchev–Trinajstić information content (AvgIpc) is 2.91. The van der Waals surface area contributed by atoms with Crippen LogP contribution in [0.5, 0.6) is 0 Å². The molecule has 0 aliphatic rings. The number of primary amides is 1. The third-order valence-corrected chi connectivity index (χ3v) is 6.26. The lowest BCUT2D eigenvalue weighted by molar-refractivity contribution is -0.387. The van der Waals surface area contributed by atoms with E-state index in [0.717, 1.165) is 12.1 Å². The summed E-state index contributed by atoms with van der Waals surface area (Å²) in [6.07, 6.45) is -0.156. The van der Waals surface area contributed by atoms with Gasteiger partial charge in [-0.05, 0) is 28.3 Å². The maximum atomic E-state index is 14.3. The molecule has 0 saturated heterocycles. The van der Waals surface area contributed by atoms with E-state index in [1.54, 1.807) is 0 Å². The molecule has 0 heterocycles. The molecule has 0 unspecified atom stereocenters. The minimum Gasteiger partial charge on any atom is -0.368 e. The quantitative estimate of drug-likeness (QED) is 0.204. The fourth-order valence-corrected chi connectivity index (χ4v) is 4.51. The number of carbonyl (C=O) groups is 2. The van der Waals surface area contributed by atoms with Crippen molar-refractivity contribution < 1.29 is 18.9 Å². The standard InChI is InChI=1S/C29H24FN3O4/c30-24-17-16-20(19-26(24)33(36)37)18-25(27(31)34)32-28(35)29(21-10-4-1-5-11-21,22-12-6-2-7-13-22)23-14-8-3-9-15-23/h1-17,19,25H,18H2,(H2,31,34)(H,32,35)/t25-/m1/s1. The number of nitrogens with two attached hydrogens (primary N) is 1. The Morgan fingerprint density at radius 2 is 1.30 bits per heavy atom. The summed E-state index contributed by atoms with van der Waals surface area (Å²) < 4.78 is 13.8. The molecule has 4 rings (SSSR count). The first kappa shape index (κ1) is 25.2. The van der Waals surface area contributed by atoms with Gasteiger partial charge in [0, 0.05) is 12.5 Å². The van der Waals surface area contributed by atoms with Gasteiger partial charge in [-0.25, -0.2) is 0 Å². The fourth-order valence-electron chi connectivity index (χ4n) is 4.51. The Balaban J connectivity index is 1.82. The van der Waals surface area contributed by atoms with E-state index in [9.17, 15) is 24.1 Å². The van der Waals surface area contributed by atoms with Crippen LogP contribution in [-0.2, 0) is 21.4 Å². The Morgan fingerprint density at radius 3 is 1.70 bits per heavy atom. The fraction of sp³-hybridized carbons (Fsp3) is 0.103. The van der Waals surface area contributed by atoms with Crippen molar-refractivity contribution in [1.82, 2.24) is 5.32 Å². The maximum absolute atomic E-state index is 14.3. The van der Waals surface area contributed by atoms with E-state index in [2.05, 4.69) is 5.32 Å². The predicted octanol–water partition coefficient (Wildman–Crippen LogP) is 4.28. The summed E-state index contributed by atoms with van der Waals surface area (Å²) in [5.41, 5.74) is 5.89. The molecule has 3 N–H and O–H groups in total. The number of halogens is 1. The van der Waals surface area contributed by atoms with E-state index in [-0.39, 0.29) is 12.0 Å². The topological polar surface area (TPSA) is 115 Å². The Morgan fingerprint density at radius 1 is 0.838 bits per heavy atom. The van der Waals surface area contributed by atoms with E-state index in [0.29, 0.717) is 16.7 Å². The summed E-state index contributed by atoms with van der Waals surface area (Å²) in [6.45, 7) is 0. The normalized spacial score (nSPS) is 11.9. The number of amides is 2. The van der Waals surface area contributed by atoms with Crippen LogP contribution < -0.4 is 11.1 Å². The van der Waals surface area contributed by atoms with Gasteiger partial charge >= 0.3 is 5.69 Å². The van der Waals surface area contributed by atoms with Gasteiger partial charge in [0.25, 0.3) is 0 Å². The van der Waals surface area contributed by atoms with Crippen molar-refractivity contribution in [1.29, 1.82) is 0 Å². The van der Waals surface area contributed by atoms with E-state index in [1.165, 1.54) is 6.07 Å². The highest BCUT2D eigenvalue weighted by Gasteiger charge is 2.44. The van der Waals surface area contributed by atoms with Crippen molar-refractivity contribution in [3.05, 3.63) is 147 Å². The van der Waals surface area contributed by atoms with Gasteiger partial charge in [0.05, 0.1) is 4.92 Å². The van der Waals surface area contributed by atoms with Gasteiger partial charge in [-0.15, -0.1) is 0 Å². The van der Waals surface area contributed by atoms with Crippen LogP contribution in [0.3, 0.4) is 0 Å². The zero-order valence-corrected chi connectivity index (χ0v) is 19.7. The van der Waals surface area contributed by atoms with E-state index < -0.39 is 39.7 Å². The van der Waals surface area contributed by atoms with Gasteiger partial charge in [0.15, 0.2) is 0 Å². The van der Waals surface area contributed by atoms with Gasteiger partial charge in [0.2, 0.25) is 17.6 Å². The molecule has 0 radical (unpaired) electrons. The lowest BCUT2D eigenvalue weighted by atomic mass is 9.68. The van der Waals surface area contributed by atoms with E-state index in [4.69, 9.17) is 5.73 Å². The lowest BCUT2D eigenvalue weighted by Crippen LogP contribution is -2.54. The Kier molecular flexibility index (Phi) is 7.39. The molecular weight excluding hydrogens is 473 g/mol. The monoisotopic (exact) mass is 497 g/mol. The minimum absolute atomic E-state index is 0.156. The van der Waals surface area contributed by atoms with Gasteiger partial charge in [-0.2, -0.15) is 4.39 Å². The highest BCUT2D eigenvalue weighted by atomic mass is 19.1. The van der Waals surface area contributed by atoms with Crippen molar-refractivity contribution in [3.63, 3.8) is 0 Å². The number of hydrogen-bond acceptors (Lipinski definition) is 4. The largest absolute Gasteiger partial charge is 0.368 e. The molecular formula is C29H24FN3O4. The van der Waals surface area contributed by atoms with Crippen LogP contribution in [0.15, 0.2) is 109 Å². The van der Waals surface area contributed by atoms with Crippen LogP contribution >= 0.6 is 0 Å². The van der Waals surface area contributed by atoms with Crippen LogP contribution in [0.2, 0.25) is 0 Å². The molecule has 8 heteroatoms. The van der Waals surface area contributed by atoms with Gasteiger partial charge in [-0.3, -0.25) is 19.7 Å². The van der Waals surface area contributed by atoms with Crippen LogP contribution in [0.25, 0.3) is 0 Å². The summed E-state index contributed by atoms with van der Waals surface area (Å²) >= 11 is 0. The SMILES string of the molecule is NC(=O)[C@@H](Cc1ccc(F)c([N+](=O)[O-])c1)NC(=O)C(c1ccccc1)(c1ccccc1)c1ccccc1. The number of nitrogens with zero attached hydrogens (tertiary/aromatic N) is 1. The molecule has 2 amide bonds. The summed E-state index contributed by atoms with van der Waals surface area (Å²) in [6, 6.07) is 29.6. The maximum Gasteiger partial charge on any atom is 0.305 e. The minimum atomic E-state index is -1.34. The first-order valence-electron chi connectivity index (χ1n) is 11.5. The summed E-state index contributed by atoms with van der Waals surface area (Å²) in [4.78, 5) is 37.1. The third-order valence-electron chi connectivity index (χ3n) is 6.26. The van der Waals surface area contributed by atoms with Crippen LogP contribution in [0.4, 0.5) is 10.1 Å². The smallest absolute Gasteiger partial charge is 0.305 e. The average molecular weight is 498 g/mol. The number of benzene rings is 4. The summed E-state index contributed by atoms with van der Waals surface area (Å²) in [7, 11) is 0. The highest BCUT2D eigenvalue weighted by Crippen LogP contribution is 2.39. The molecule has 4 aromatic rings. The molecule has 0 saturated carbocycles. The number of rotatable bonds is 9. The van der Waals surface area contributed by atoms with Crippen molar-refractivity contribution in [2.75, 3.05) is 0 Å². The lowest BCUT2D eigenvalue weighted by Gasteiger charge is -2.35. The second-order valence-electron chi connectivity index (χ2n) is 8.52. The van der Waals surface area contributed by atoms with Crippen molar-refractivity contribution in [2.24, 2.45) is 5.73 Å². The first-order chi connectivity index (χ1) is 17.8. The van der Waals surface area contributed by atoms with E-state index in [1.807, 2.05) is 91.0 Å². The molecule has 1 atom stereocenters. The zero-order valence-electron chi connectivity index (χ0n) is 19.7. The predicted molar refractivity (Wildman–Crippen MR) is 137 cm³/mol. The zero-order chi connectivity index (χ0) is 26.4. The number of nitrogens with one attached hydrogen (secondary N) is 1. The molecule has 0 aromatic heterocycles. The van der Waals surface area contributed by atoms with Crippen molar-refractivity contribution in [2.45, 2.75) is 17.9 Å². The van der Waals surface area contributed by atoms with Crippen molar-refractivity contribution >= 4 is 17.5 Å². The van der Waals surface area contributed by atoms with Gasteiger partial charge < -0.3 is 11.1 Å². The molecule has 0 aliphatic carbocycles. The Labute approximate surface area is 212 Å². The van der Waals surface area contributed by atoms with Crippen LogP contribution in [0.1, 0.15) is 22.3 Å². The first-order valence-corrected chi connectivity index (χ1v) is 11.5. The van der Waals surface area contributed by atoms with Gasteiger partial charge in [0.1, 0.15) is 11.5 Å². The number of hydrogen-bond donors (Lipinski definition) is 2. The molecule has 0 bridgehead atoms. The number of carbonyl (C=O) groups excluding carboxylic acids is 2. The van der Waals surface area contributed by atoms with Crippen LogP contribution in [-0.4, -0.2) is 22.8 Å². The molecule has 37 heavy (non-hydrogen) atoms. The van der Waals surface area contributed by atoms with Crippen LogP contribution in [0, 0.1) is 15.9 Å². The highest BCUT2D eigenvalue weighted by molar-refractivity contribution is 5.98. The second-order valence-corrected chi connectivity index (χ2v) is 8.52. The molecule has 186 valence electrons. The third kappa shape index (κ3) is 5.08. The van der Waals surface area contributed by atoms with E-state index >= 15 is 0 Å². The summed E-state index contributed by atoms with van der Waals surface area (Å²) in [5.74, 6) is -2.33. The van der Waals surface area contributed by atoms with Gasteiger partial charge in [-0.1, -0.05) is 97.1 Å². The molecule has 7 nitrogen and oxygen atoms in total. The molecule has 0 fully saturated rings. The summed E-state index contributed by atoms with van der Waals surface area (Å²) in [5, 5.41) is 14.0. The number of nitro groups is 1. The number of nitro benzene ring substituents is 1. The molecule has 0 aliphatic heterocycles. The second kappa shape index (κ2) is 10.8. The van der Waals surface area contributed by atoms with Crippen molar-refractivity contribution in [3.8, 4) is 0 Å².